The van der Waals surface area contributed by atoms with Gasteiger partial charge >= 0.3 is 12.6 Å². The maximum atomic E-state index is 12.7. The number of halogens is 3. The summed E-state index contributed by atoms with van der Waals surface area (Å²) in [6.45, 7) is 3.96. The van der Waals surface area contributed by atoms with Crippen LogP contribution in [-0.2, 0) is 20.9 Å². The SMILES string of the molecule is CCOC(=O)C[C@@H](N[S+]([O-])C(C)(C)C)c1c(Cl)cccc1OC(F)F. The summed E-state index contributed by atoms with van der Waals surface area (Å²) in [5.41, 5.74) is 0.134. The van der Waals surface area contributed by atoms with Crippen LogP contribution in [0.3, 0.4) is 0 Å². The fourth-order valence-electron chi connectivity index (χ4n) is 1.95. The number of nitrogens with one attached hydrogen (secondary N) is 1. The molecule has 25 heavy (non-hydrogen) atoms. The summed E-state index contributed by atoms with van der Waals surface area (Å²) in [5, 5.41) is 0.117. The highest BCUT2D eigenvalue weighted by Gasteiger charge is 2.33. The van der Waals surface area contributed by atoms with Crippen molar-refractivity contribution < 1.29 is 27.6 Å². The normalized spacial score (nSPS) is 14.3. The average Bonchev–Trinajstić information content (AvgIpc) is 2.45. The minimum absolute atomic E-state index is 0.117. The zero-order chi connectivity index (χ0) is 19.2. The predicted molar refractivity (Wildman–Crippen MR) is 93.1 cm³/mol. The maximum Gasteiger partial charge on any atom is 0.387 e. The van der Waals surface area contributed by atoms with E-state index in [1.165, 1.54) is 18.2 Å². The number of rotatable bonds is 8. The number of benzene rings is 1. The van der Waals surface area contributed by atoms with Crippen LogP contribution in [0.15, 0.2) is 18.2 Å². The van der Waals surface area contributed by atoms with Gasteiger partial charge in [-0.25, -0.2) is 0 Å². The van der Waals surface area contributed by atoms with Crippen molar-refractivity contribution in [1.82, 2.24) is 4.72 Å². The van der Waals surface area contributed by atoms with E-state index in [1.54, 1.807) is 27.7 Å². The molecule has 5 nitrogen and oxygen atoms in total. The van der Waals surface area contributed by atoms with Crippen LogP contribution in [0.25, 0.3) is 0 Å². The lowest BCUT2D eigenvalue weighted by Crippen LogP contribution is -2.42. The van der Waals surface area contributed by atoms with Crippen LogP contribution < -0.4 is 9.46 Å². The summed E-state index contributed by atoms with van der Waals surface area (Å²) in [6.07, 6.45) is -0.237. The van der Waals surface area contributed by atoms with Crippen LogP contribution >= 0.6 is 11.6 Å². The molecule has 0 aliphatic rings. The maximum absolute atomic E-state index is 12.7. The highest BCUT2D eigenvalue weighted by atomic mass is 35.5. The molecule has 1 aromatic rings. The van der Waals surface area contributed by atoms with Gasteiger partial charge < -0.3 is 14.0 Å². The molecule has 0 amide bonds. The number of esters is 1. The second kappa shape index (κ2) is 9.56. The van der Waals surface area contributed by atoms with E-state index in [2.05, 4.69) is 9.46 Å². The number of alkyl halides is 2. The van der Waals surface area contributed by atoms with E-state index in [1.807, 2.05) is 0 Å². The zero-order valence-corrected chi connectivity index (χ0v) is 16.0. The standard InChI is InChI=1S/C16H22ClF2NO4S/c1-5-23-13(21)9-11(20-25(22)16(2,3)4)14-10(17)7-6-8-12(14)24-15(18)19/h6-8,11,15,20H,5,9H2,1-4H3/t11-,25?/m1/s1. The Kier molecular flexibility index (Phi) is 8.40. The van der Waals surface area contributed by atoms with E-state index in [0.29, 0.717) is 0 Å². The van der Waals surface area contributed by atoms with E-state index in [-0.39, 0.29) is 29.4 Å². The highest BCUT2D eigenvalue weighted by molar-refractivity contribution is 7.90. The fraction of sp³-hybridized carbons (Fsp3) is 0.562. The Morgan fingerprint density at radius 1 is 1.40 bits per heavy atom. The largest absolute Gasteiger partial charge is 0.598 e. The number of hydrogen-bond acceptors (Lipinski definition) is 5. The van der Waals surface area contributed by atoms with Crippen LogP contribution in [0.5, 0.6) is 5.75 Å². The minimum Gasteiger partial charge on any atom is -0.598 e. The summed E-state index contributed by atoms with van der Waals surface area (Å²) in [5.74, 6) is -0.760. The van der Waals surface area contributed by atoms with Gasteiger partial charge in [0.2, 0.25) is 0 Å². The molecule has 1 unspecified atom stereocenters. The van der Waals surface area contributed by atoms with E-state index < -0.39 is 34.7 Å². The molecular formula is C16H22ClF2NO4S. The van der Waals surface area contributed by atoms with Crippen molar-refractivity contribution in [2.75, 3.05) is 6.61 Å². The molecule has 142 valence electrons. The van der Waals surface area contributed by atoms with E-state index in [4.69, 9.17) is 16.3 Å². The first-order valence-electron chi connectivity index (χ1n) is 7.63. The lowest BCUT2D eigenvalue weighted by Gasteiger charge is -2.29. The van der Waals surface area contributed by atoms with Gasteiger partial charge in [0.05, 0.1) is 19.1 Å². The number of hydrogen-bond donors (Lipinski definition) is 1. The van der Waals surface area contributed by atoms with Crippen LogP contribution in [0.2, 0.25) is 5.02 Å². The number of carbonyl (C=O) groups excluding carboxylic acids is 1. The molecular weight excluding hydrogens is 376 g/mol. The third kappa shape index (κ3) is 6.97. The quantitative estimate of drug-likeness (QED) is 0.530. The topological polar surface area (TPSA) is 70.6 Å². The average molecular weight is 398 g/mol. The van der Waals surface area contributed by atoms with Gasteiger partial charge in [0.15, 0.2) is 0 Å². The van der Waals surface area contributed by atoms with Crippen molar-refractivity contribution >= 4 is 28.9 Å². The van der Waals surface area contributed by atoms with Crippen molar-refractivity contribution in [3.05, 3.63) is 28.8 Å². The third-order valence-corrected chi connectivity index (χ3v) is 5.00. The lowest BCUT2D eigenvalue weighted by atomic mass is 10.0. The van der Waals surface area contributed by atoms with Gasteiger partial charge in [0.1, 0.15) is 10.5 Å². The fourth-order valence-corrected chi connectivity index (χ4v) is 3.06. The first-order chi connectivity index (χ1) is 11.6. The molecule has 9 heteroatoms. The van der Waals surface area contributed by atoms with Crippen LogP contribution in [0.4, 0.5) is 8.78 Å². The van der Waals surface area contributed by atoms with Crippen molar-refractivity contribution in [3.63, 3.8) is 0 Å². The van der Waals surface area contributed by atoms with Crippen LogP contribution in [-0.4, -0.2) is 28.5 Å². The Morgan fingerprint density at radius 2 is 2.04 bits per heavy atom. The Morgan fingerprint density at radius 3 is 2.56 bits per heavy atom. The van der Waals surface area contributed by atoms with E-state index >= 15 is 0 Å². The van der Waals surface area contributed by atoms with Crippen molar-refractivity contribution in [1.29, 1.82) is 0 Å². The molecule has 0 aliphatic carbocycles. The summed E-state index contributed by atoms with van der Waals surface area (Å²) < 4.78 is 49.4. The minimum atomic E-state index is -3.06. The molecule has 1 rings (SSSR count). The summed E-state index contributed by atoms with van der Waals surface area (Å²) in [4.78, 5) is 11.9. The zero-order valence-electron chi connectivity index (χ0n) is 14.5. The molecule has 0 radical (unpaired) electrons. The van der Waals surface area contributed by atoms with Gasteiger partial charge in [0, 0.05) is 21.9 Å². The first kappa shape index (κ1) is 22.0. The Bertz CT molecular complexity index is 584. The van der Waals surface area contributed by atoms with Crippen LogP contribution in [0.1, 0.15) is 45.7 Å². The molecule has 0 bridgehead atoms. The summed E-state index contributed by atoms with van der Waals surface area (Å²) in [7, 11) is 0. The third-order valence-electron chi connectivity index (χ3n) is 3.06. The van der Waals surface area contributed by atoms with Gasteiger partial charge in [-0.3, -0.25) is 4.79 Å². The highest BCUT2D eigenvalue weighted by Crippen LogP contribution is 2.36. The van der Waals surface area contributed by atoms with Gasteiger partial charge in [-0.1, -0.05) is 17.7 Å². The molecule has 1 N–H and O–H groups in total. The number of carbonyl (C=O) groups is 1. The molecule has 0 aliphatic heterocycles. The van der Waals surface area contributed by atoms with Crippen molar-refractivity contribution in [2.24, 2.45) is 0 Å². The van der Waals surface area contributed by atoms with Gasteiger partial charge in [0.25, 0.3) is 0 Å². The van der Waals surface area contributed by atoms with E-state index in [9.17, 15) is 18.1 Å². The molecule has 0 fully saturated rings. The molecule has 0 saturated carbocycles. The van der Waals surface area contributed by atoms with Crippen molar-refractivity contribution in [2.45, 2.75) is 51.5 Å². The molecule has 0 saturated heterocycles. The second-order valence-electron chi connectivity index (χ2n) is 6.09. The Balaban J connectivity index is 3.24. The van der Waals surface area contributed by atoms with Crippen LogP contribution in [0, 0.1) is 0 Å². The second-order valence-corrected chi connectivity index (χ2v) is 8.50. The number of ether oxygens (including phenoxy) is 2. The lowest BCUT2D eigenvalue weighted by molar-refractivity contribution is -0.143. The monoisotopic (exact) mass is 397 g/mol. The smallest absolute Gasteiger partial charge is 0.387 e. The van der Waals surface area contributed by atoms with Gasteiger partial charge in [-0.05, 0) is 39.8 Å². The molecule has 0 aromatic heterocycles. The molecule has 1 aromatic carbocycles. The van der Waals surface area contributed by atoms with Gasteiger partial charge in [-0.15, -0.1) is 4.72 Å². The molecule has 2 atom stereocenters. The first-order valence-corrected chi connectivity index (χ1v) is 9.16. The summed E-state index contributed by atoms with van der Waals surface area (Å²) in [6, 6.07) is 3.33. The van der Waals surface area contributed by atoms with Crippen molar-refractivity contribution in [3.8, 4) is 5.75 Å². The Labute approximate surface area is 154 Å². The van der Waals surface area contributed by atoms with Gasteiger partial charge in [-0.2, -0.15) is 8.78 Å². The predicted octanol–water partition coefficient (Wildman–Crippen LogP) is 3.99. The Hall–Kier alpha value is -1.09. The molecule has 0 spiro atoms. The molecule has 0 heterocycles. The van der Waals surface area contributed by atoms with E-state index in [0.717, 1.165) is 0 Å². The summed E-state index contributed by atoms with van der Waals surface area (Å²) >= 11 is 4.57.